The average molecular weight is 761 g/mol. The fourth-order valence-corrected chi connectivity index (χ4v) is 9.37. The molecule has 1 aliphatic heterocycles. The lowest BCUT2D eigenvalue weighted by Gasteiger charge is -2.33. The fourth-order valence-electron chi connectivity index (χ4n) is 9.37. The zero-order valence-electron chi connectivity index (χ0n) is 33.9. The molecule has 9 rings (SSSR count). The monoisotopic (exact) mass is 760 g/mol. The molecule has 292 valence electrons. The van der Waals surface area contributed by atoms with Gasteiger partial charge in [-0.05, 0) is 104 Å². The fraction of sp³-hybridized carbons (Fsp3) is 0.259. The van der Waals surface area contributed by atoms with Gasteiger partial charge in [-0.25, -0.2) is 0 Å². The van der Waals surface area contributed by atoms with Gasteiger partial charge in [0.25, 0.3) is 0 Å². The van der Waals surface area contributed by atoms with Gasteiger partial charge in [-0.3, -0.25) is 19.6 Å². The lowest BCUT2D eigenvalue weighted by Crippen LogP contribution is -2.40. The molecule has 4 heteroatoms. The van der Waals surface area contributed by atoms with E-state index in [1.165, 1.54) is 65.3 Å². The van der Waals surface area contributed by atoms with E-state index in [-0.39, 0.29) is 0 Å². The first-order chi connectivity index (χ1) is 28.7. The molecule has 1 fully saturated rings. The molecule has 0 bridgehead atoms. The molecule has 0 aromatic heterocycles. The maximum atomic E-state index is 2.74. The summed E-state index contributed by atoms with van der Waals surface area (Å²) in [6.45, 7) is 12.3. The van der Waals surface area contributed by atoms with Gasteiger partial charge in [0.1, 0.15) is 0 Å². The van der Waals surface area contributed by atoms with Crippen molar-refractivity contribution in [2.24, 2.45) is 0 Å². The van der Waals surface area contributed by atoms with E-state index in [9.17, 15) is 0 Å². The van der Waals surface area contributed by atoms with Gasteiger partial charge < -0.3 is 0 Å². The predicted molar refractivity (Wildman–Crippen MR) is 246 cm³/mol. The maximum Gasteiger partial charge on any atom is 0.0240 e. The van der Waals surface area contributed by atoms with Crippen molar-refractivity contribution in [1.82, 2.24) is 19.6 Å². The molecule has 0 radical (unpaired) electrons. The number of rotatable bonds is 8. The van der Waals surface area contributed by atoms with E-state index >= 15 is 0 Å². The highest BCUT2D eigenvalue weighted by Crippen LogP contribution is 2.25. The van der Waals surface area contributed by atoms with Crippen LogP contribution in [0.3, 0.4) is 0 Å². The van der Waals surface area contributed by atoms with E-state index in [1.807, 2.05) is 0 Å². The summed E-state index contributed by atoms with van der Waals surface area (Å²) < 4.78 is 0. The molecular formula is C54H56N4. The minimum atomic E-state index is 0.964. The zero-order valence-corrected chi connectivity index (χ0v) is 33.9. The van der Waals surface area contributed by atoms with Gasteiger partial charge in [-0.15, -0.1) is 0 Å². The van der Waals surface area contributed by atoms with Gasteiger partial charge >= 0.3 is 0 Å². The van der Waals surface area contributed by atoms with Crippen LogP contribution in [0, 0.1) is 0 Å². The van der Waals surface area contributed by atoms with Gasteiger partial charge in [-0.2, -0.15) is 0 Å². The molecule has 58 heavy (non-hydrogen) atoms. The van der Waals surface area contributed by atoms with E-state index < -0.39 is 0 Å². The number of hydrogen-bond acceptors (Lipinski definition) is 4. The van der Waals surface area contributed by atoms with Crippen LogP contribution in [-0.2, 0) is 26.2 Å². The first-order valence-corrected chi connectivity index (χ1v) is 21.5. The van der Waals surface area contributed by atoms with Crippen molar-refractivity contribution in [3.8, 4) is 0 Å². The summed E-state index contributed by atoms with van der Waals surface area (Å²) in [5.41, 5.74) is 5.71. The van der Waals surface area contributed by atoms with Crippen LogP contribution >= 0.6 is 0 Å². The third kappa shape index (κ3) is 9.17. The summed E-state index contributed by atoms with van der Waals surface area (Å²) in [5, 5.41) is 10.8. The molecule has 0 amide bonds. The van der Waals surface area contributed by atoms with Crippen molar-refractivity contribution >= 4 is 43.1 Å². The highest BCUT2D eigenvalue weighted by atomic mass is 15.2. The molecule has 1 heterocycles. The van der Waals surface area contributed by atoms with Crippen LogP contribution in [0.25, 0.3) is 43.1 Å². The first kappa shape index (κ1) is 38.2. The predicted octanol–water partition coefficient (Wildman–Crippen LogP) is 11.4. The molecule has 0 aliphatic carbocycles. The van der Waals surface area contributed by atoms with Crippen LogP contribution in [0.4, 0.5) is 0 Å². The summed E-state index contributed by atoms with van der Waals surface area (Å²) in [6, 6.07) is 63.0. The number of fused-ring (bicyclic) bond motifs is 4. The quantitative estimate of drug-likeness (QED) is 0.153. The summed E-state index contributed by atoms with van der Waals surface area (Å²) >= 11 is 0. The molecule has 0 spiro atoms. The second kappa shape index (κ2) is 18.5. The Kier molecular flexibility index (Phi) is 12.2. The van der Waals surface area contributed by atoms with E-state index in [1.54, 1.807) is 0 Å². The smallest absolute Gasteiger partial charge is 0.0240 e. The zero-order chi connectivity index (χ0) is 38.9. The highest BCUT2D eigenvalue weighted by Gasteiger charge is 2.18. The number of hydrogen-bond donors (Lipinski definition) is 0. The summed E-state index contributed by atoms with van der Waals surface area (Å²) in [4.78, 5) is 11.0. The molecule has 0 unspecified atom stereocenters. The largest absolute Gasteiger partial charge is 0.298 e. The van der Waals surface area contributed by atoms with Gasteiger partial charge in [0.05, 0.1) is 0 Å². The van der Waals surface area contributed by atoms with Gasteiger partial charge in [-0.1, -0.05) is 170 Å². The lowest BCUT2D eigenvalue weighted by molar-refractivity contribution is 0.149. The normalized spacial score (nSPS) is 16.3. The van der Waals surface area contributed by atoms with Crippen LogP contribution in [0.5, 0.6) is 0 Å². The Labute approximate surface area is 344 Å². The number of nitrogens with zero attached hydrogens (tertiary/aromatic N) is 4. The van der Waals surface area contributed by atoms with Gasteiger partial charge in [0.15, 0.2) is 0 Å². The van der Waals surface area contributed by atoms with Crippen molar-refractivity contribution in [2.45, 2.75) is 39.0 Å². The summed E-state index contributed by atoms with van der Waals surface area (Å²) in [7, 11) is 0. The SMILES string of the molecule is c1ccc2c(CN3CCCN(Cc4cccc5ccccc45)CCN(Cc4cccc5ccccc45)CCCN(Cc4cccc5ccccc45)CC3)cccc2c1. The minimum absolute atomic E-state index is 0.964. The van der Waals surface area contributed by atoms with Crippen LogP contribution in [0.2, 0.25) is 0 Å². The first-order valence-electron chi connectivity index (χ1n) is 21.5. The molecular weight excluding hydrogens is 705 g/mol. The number of benzene rings is 8. The highest BCUT2D eigenvalue weighted by molar-refractivity contribution is 5.87. The topological polar surface area (TPSA) is 13.0 Å². The Morgan fingerprint density at radius 2 is 0.466 bits per heavy atom. The Balaban J connectivity index is 1.01. The van der Waals surface area contributed by atoms with E-state index in [0.29, 0.717) is 0 Å². The van der Waals surface area contributed by atoms with Crippen molar-refractivity contribution in [2.75, 3.05) is 52.4 Å². The summed E-state index contributed by atoms with van der Waals surface area (Å²) in [6.07, 6.45) is 2.25. The molecule has 4 nitrogen and oxygen atoms in total. The Morgan fingerprint density at radius 3 is 0.724 bits per heavy atom. The average Bonchev–Trinajstić information content (AvgIpc) is 3.27. The Hall–Kier alpha value is -5.36. The molecule has 0 N–H and O–H groups in total. The van der Waals surface area contributed by atoms with Crippen molar-refractivity contribution in [1.29, 1.82) is 0 Å². The Morgan fingerprint density at radius 1 is 0.241 bits per heavy atom. The standard InChI is InChI=1S/C54H56N4/c1-5-27-51-43(15-1)19-9-23-47(51)39-55-31-13-32-57(41-49-25-11-21-45-17-3-7-29-53(45)49)37-38-58(42-50-26-12-22-46-18-4-8-30-54(46)50)34-14-33-56(36-35-55)40-48-24-10-20-44-16-2-6-28-52(44)48/h1-12,15-30H,13-14,31-42H2. The molecule has 1 aliphatic rings. The second-order valence-corrected chi connectivity index (χ2v) is 16.4. The van der Waals surface area contributed by atoms with Crippen molar-refractivity contribution in [3.05, 3.63) is 192 Å². The van der Waals surface area contributed by atoms with Crippen LogP contribution in [-0.4, -0.2) is 72.0 Å². The Bertz CT molecular complexity index is 2220. The van der Waals surface area contributed by atoms with E-state index in [2.05, 4.69) is 189 Å². The summed E-state index contributed by atoms with van der Waals surface area (Å²) in [5.74, 6) is 0. The van der Waals surface area contributed by atoms with Crippen LogP contribution in [0.15, 0.2) is 170 Å². The second-order valence-electron chi connectivity index (χ2n) is 16.4. The van der Waals surface area contributed by atoms with Crippen LogP contribution in [0.1, 0.15) is 35.1 Å². The molecule has 8 aromatic rings. The van der Waals surface area contributed by atoms with E-state index in [0.717, 1.165) is 91.4 Å². The van der Waals surface area contributed by atoms with Crippen molar-refractivity contribution in [3.63, 3.8) is 0 Å². The third-order valence-corrected chi connectivity index (χ3v) is 12.5. The van der Waals surface area contributed by atoms with Gasteiger partial charge in [0, 0.05) is 52.4 Å². The van der Waals surface area contributed by atoms with Gasteiger partial charge in [0.2, 0.25) is 0 Å². The van der Waals surface area contributed by atoms with Crippen LogP contribution < -0.4 is 0 Å². The third-order valence-electron chi connectivity index (χ3n) is 12.5. The molecule has 0 saturated carbocycles. The lowest BCUT2D eigenvalue weighted by atomic mass is 10.0. The van der Waals surface area contributed by atoms with Crippen molar-refractivity contribution < 1.29 is 0 Å². The molecule has 1 saturated heterocycles. The molecule has 0 atom stereocenters. The minimum Gasteiger partial charge on any atom is -0.298 e. The maximum absolute atomic E-state index is 2.74. The van der Waals surface area contributed by atoms with E-state index in [4.69, 9.17) is 0 Å². The molecule has 8 aromatic carbocycles.